The summed E-state index contributed by atoms with van der Waals surface area (Å²) in [6, 6.07) is 12.3. The lowest BCUT2D eigenvalue weighted by Crippen LogP contribution is -2.38. The molecule has 1 unspecified atom stereocenters. The molecule has 3 aromatic rings. The Bertz CT molecular complexity index is 893. The number of aromatic amines is 1. The van der Waals surface area contributed by atoms with Crippen LogP contribution < -0.4 is 4.90 Å². The van der Waals surface area contributed by atoms with Gasteiger partial charge in [0.15, 0.2) is 0 Å². The van der Waals surface area contributed by atoms with Crippen LogP contribution >= 0.6 is 0 Å². The summed E-state index contributed by atoms with van der Waals surface area (Å²) in [4.78, 5) is 18.3. The van der Waals surface area contributed by atoms with E-state index in [2.05, 4.69) is 15.2 Å². The van der Waals surface area contributed by atoms with Gasteiger partial charge in [0.05, 0.1) is 5.69 Å². The van der Waals surface area contributed by atoms with Gasteiger partial charge in [0.1, 0.15) is 11.6 Å². The van der Waals surface area contributed by atoms with Crippen molar-refractivity contribution in [2.75, 3.05) is 11.4 Å². The fourth-order valence-corrected chi connectivity index (χ4v) is 3.28. The number of piperidine rings is 1. The first-order chi connectivity index (χ1) is 12.2. The predicted molar refractivity (Wildman–Crippen MR) is 92.5 cm³/mol. The number of nitrogens with zero attached hydrogens (tertiary/aromatic N) is 3. The van der Waals surface area contributed by atoms with E-state index in [0.717, 1.165) is 17.7 Å². The standard InChI is InChI=1S/C19H17FN4O/c20-16-4-2-1-3-15(16)14-7-10-24(19(25)11-14)18-12-17(22-23-18)13-5-8-21-9-6-13/h1-6,8-9,12,14H,7,10-11H2,(H,22,23). The highest BCUT2D eigenvalue weighted by Crippen LogP contribution is 2.32. The van der Waals surface area contributed by atoms with E-state index in [1.165, 1.54) is 6.07 Å². The number of nitrogens with one attached hydrogen (secondary N) is 1. The number of anilines is 1. The van der Waals surface area contributed by atoms with Crippen molar-refractivity contribution in [1.29, 1.82) is 0 Å². The Balaban J connectivity index is 1.52. The molecule has 1 aliphatic heterocycles. The van der Waals surface area contributed by atoms with E-state index >= 15 is 0 Å². The minimum absolute atomic E-state index is 0.0237. The van der Waals surface area contributed by atoms with Crippen molar-refractivity contribution >= 4 is 11.7 Å². The molecule has 0 radical (unpaired) electrons. The number of carbonyl (C=O) groups excluding carboxylic acids is 1. The lowest BCUT2D eigenvalue weighted by atomic mass is 9.88. The Labute approximate surface area is 144 Å². The summed E-state index contributed by atoms with van der Waals surface area (Å²) in [6.45, 7) is 0.538. The number of halogens is 1. The molecule has 1 saturated heterocycles. The highest BCUT2D eigenvalue weighted by molar-refractivity contribution is 5.94. The molecular weight excluding hydrogens is 319 g/mol. The van der Waals surface area contributed by atoms with Crippen LogP contribution in [0.25, 0.3) is 11.3 Å². The number of rotatable bonds is 3. The lowest BCUT2D eigenvalue weighted by molar-refractivity contribution is -0.120. The fourth-order valence-electron chi connectivity index (χ4n) is 3.28. The van der Waals surface area contributed by atoms with Crippen molar-refractivity contribution in [3.05, 3.63) is 66.2 Å². The molecule has 1 fully saturated rings. The highest BCUT2D eigenvalue weighted by Gasteiger charge is 2.30. The van der Waals surface area contributed by atoms with Gasteiger partial charge in [0.25, 0.3) is 0 Å². The maximum Gasteiger partial charge on any atom is 0.228 e. The number of hydrogen-bond acceptors (Lipinski definition) is 3. The van der Waals surface area contributed by atoms with E-state index in [9.17, 15) is 9.18 Å². The smallest absolute Gasteiger partial charge is 0.228 e. The summed E-state index contributed by atoms with van der Waals surface area (Å²) in [7, 11) is 0. The molecule has 0 spiro atoms. The first-order valence-corrected chi connectivity index (χ1v) is 8.23. The van der Waals surface area contributed by atoms with Gasteiger partial charge >= 0.3 is 0 Å². The van der Waals surface area contributed by atoms with Gasteiger partial charge in [-0.05, 0) is 36.1 Å². The quantitative estimate of drug-likeness (QED) is 0.796. The minimum atomic E-state index is -0.240. The van der Waals surface area contributed by atoms with Crippen molar-refractivity contribution in [3.63, 3.8) is 0 Å². The zero-order valence-electron chi connectivity index (χ0n) is 13.5. The minimum Gasteiger partial charge on any atom is -0.297 e. The van der Waals surface area contributed by atoms with Gasteiger partial charge in [-0.25, -0.2) is 4.39 Å². The Kier molecular flexibility index (Phi) is 4.01. The van der Waals surface area contributed by atoms with Crippen LogP contribution in [0, 0.1) is 5.82 Å². The van der Waals surface area contributed by atoms with Gasteiger partial charge in [0, 0.05) is 37.0 Å². The lowest BCUT2D eigenvalue weighted by Gasteiger charge is -2.30. The van der Waals surface area contributed by atoms with E-state index < -0.39 is 0 Å². The van der Waals surface area contributed by atoms with E-state index in [4.69, 9.17) is 0 Å². The Morgan fingerprint density at radius 2 is 1.96 bits per heavy atom. The molecule has 1 amide bonds. The molecule has 126 valence electrons. The largest absolute Gasteiger partial charge is 0.297 e. The van der Waals surface area contributed by atoms with Crippen LogP contribution in [0.15, 0.2) is 54.9 Å². The summed E-state index contributed by atoms with van der Waals surface area (Å²) < 4.78 is 14.0. The van der Waals surface area contributed by atoms with Gasteiger partial charge < -0.3 is 0 Å². The Morgan fingerprint density at radius 1 is 1.16 bits per heavy atom. The molecule has 0 bridgehead atoms. The van der Waals surface area contributed by atoms with Crippen LogP contribution in [0.4, 0.5) is 10.2 Å². The topological polar surface area (TPSA) is 61.9 Å². The van der Waals surface area contributed by atoms with Gasteiger partial charge in [0.2, 0.25) is 5.91 Å². The molecule has 0 saturated carbocycles. The maximum absolute atomic E-state index is 14.0. The second-order valence-corrected chi connectivity index (χ2v) is 6.13. The fraction of sp³-hybridized carbons (Fsp3) is 0.211. The molecule has 25 heavy (non-hydrogen) atoms. The summed E-state index contributed by atoms with van der Waals surface area (Å²) in [5.41, 5.74) is 2.32. The third-order valence-corrected chi connectivity index (χ3v) is 4.60. The molecule has 6 heteroatoms. The van der Waals surface area contributed by atoms with E-state index in [1.807, 2.05) is 24.3 Å². The molecule has 1 aromatic carbocycles. The molecule has 1 N–H and O–H groups in total. The van der Waals surface area contributed by atoms with E-state index in [0.29, 0.717) is 24.3 Å². The predicted octanol–water partition coefficient (Wildman–Crippen LogP) is 3.52. The van der Waals surface area contributed by atoms with Gasteiger partial charge in [-0.1, -0.05) is 18.2 Å². The number of carbonyl (C=O) groups is 1. The van der Waals surface area contributed by atoms with Gasteiger partial charge in [-0.2, -0.15) is 5.10 Å². The van der Waals surface area contributed by atoms with Gasteiger partial charge in [-0.3, -0.25) is 19.8 Å². The third-order valence-electron chi connectivity index (χ3n) is 4.60. The summed E-state index contributed by atoms with van der Waals surface area (Å²) in [5.74, 6) is 0.330. The van der Waals surface area contributed by atoms with E-state index in [1.54, 1.807) is 29.4 Å². The van der Waals surface area contributed by atoms with Crippen LogP contribution in [0.2, 0.25) is 0 Å². The summed E-state index contributed by atoms with van der Waals surface area (Å²) in [6.07, 6.45) is 4.42. The first-order valence-electron chi connectivity index (χ1n) is 8.23. The SMILES string of the molecule is O=C1CC(c2ccccc2F)CCN1c1cc(-c2ccncc2)n[nH]1. The third kappa shape index (κ3) is 3.03. The zero-order valence-corrected chi connectivity index (χ0v) is 13.5. The first kappa shape index (κ1) is 15.5. The van der Waals surface area contributed by atoms with Crippen LogP contribution in [-0.2, 0) is 4.79 Å². The highest BCUT2D eigenvalue weighted by atomic mass is 19.1. The molecule has 1 aliphatic rings. The number of pyridine rings is 1. The number of H-pyrrole nitrogens is 1. The molecule has 2 aromatic heterocycles. The number of hydrogen-bond donors (Lipinski definition) is 1. The normalized spacial score (nSPS) is 17.7. The zero-order chi connectivity index (χ0) is 17.2. The van der Waals surface area contributed by atoms with Crippen molar-refractivity contribution < 1.29 is 9.18 Å². The Hall–Kier alpha value is -3.02. The van der Waals surface area contributed by atoms with Crippen LogP contribution in [0.5, 0.6) is 0 Å². The molecule has 4 rings (SSSR count). The average molecular weight is 336 g/mol. The average Bonchev–Trinajstić information content (AvgIpc) is 3.12. The second-order valence-electron chi connectivity index (χ2n) is 6.13. The van der Waals surface area contributed by atoms with Crippen molar-refractivity contribution in [2.45, 2.75) is 18.8 Å². The van der Waals surface area contributed by atoms with Crippen LogP contribution in [0.3, 0.4) is 0 Å². The van der Waals surface area contributed by atoms with Crippen LogP contribution in [0.1, 0.15) is 24.3 Å². The Morgan fingerprint density at radius 3 is 2.72 bits per heavy atom. The second kappa shape index (κ2) is 6.47. The summed E-state index contributed by atoms with van der Waals surface area (Å²) in [5, 5.41) is 7.21. The number of aromatic nitrogens is 3. The molecule has 3 heterocycles. The van der Waals surface area contributed by atoms with Crippen LogP contribution in [-0.4, -0.2) is 27.6 Å². The molecule has 0 aliphatic carbocycles. The number of benzene rings is 1. The van der Waals surface area contributed by atoms with Crippen molar-refractivity contribution in [1.82, 2.24) is 15.2 Å². The number of amides is 1. The van der Waals surface area contributed by atoms with Gasteiger partial charge in [-0.15, -0.1) is 0 Å². The monoisotopic (exact) mass is 336 g/mol. The summed E-state index contributed by atoms with van der Waals surface area (Å²) >= 11 is 0. The van der Waals surface area contributed by atoms with Crippen molar-refractivity contribution in [2.24, 2.45) is 0 Å². The molecule has 1 atom stereocenters. The molecular formula is C19H17FN4O. The molecule has 5 nitrogen and oxygen atoms in total. The maximum atomic E-state index is 14.0. The van der Waals surface area contributed by atoms with Crippen molar-refractivity contribution in [3.8, 4) is 11.3 Å². The van der Waals surface area contributed by atoms with E-state index in [-0.39, 0.29) is 17.6 Å².